The third-order valence-electron chi connectivity index (χ3n) is 3.19. The Labute approximate surface area is 106 Å². The molecule has 1 aromatic rings. The summed E-state index contributed by atoms with van der Waals surface area (Å²) in [6, 6.07) is 0. The first kappa shape index (κ1) is 12.8. The Morgan fingerprint density at radius 3 is 3.06 bits per heavy atom. The van der Waals surface area contributed by atoms with E-state index in [9.17, 15) is 5.11 Å². The van der Waals surface area contributed by atoms with Gasteiger partial charge in [0.25, 0.3) is 0 Å². The van der Waals surface area contributed by atoms with Crippen molar-refractivity contribution in [2.75, 3.05) is 26.2 Å². The first-order chi connectivity index (χ1) is 8.13. The molecule has 5 nitrogen and oxygen atoms in total. The van der Waals surface area contributed by atoms with Crippen LogP contribution in [-0.2, 0) is 11.8 Å². The van der Waals surface area contributed by atoms with Crippen LogP contribution in [0.4, 0.5) is 0 Å². The van der Waals surface area contributed by atoms with Crippen molar-refractivity contribution in [3.8, 4) is 0 Å². The standard InChI is InChI=1S/C11H18ClN3O2/c1-3-15-4-5-17-9(7-15)11(16)10-8(12)6-13-14(10)2/h6,9,11,16H,3-5,7H2,1-2H3. The maximum atomic E-state index is 10.3. The molecule has 1 aliphatic heterocycles. The number of rotatable bonds is 3. The normalized spacial score (nSPS) is 23.9. The minimum Gasteiger partial charge on any atom is -0.384 e. The van der Waals surface area contributed by atoms with Gasteiger partial charge in [-0.25, -0.2) is 0 Å². The molecule has 96 valence electrons. The Hall–Kier alpha value is -0.620. The third-order valence-corrected chi connectivity index (χ3v) is 3.49. The number of halogens is 1. The Balaban J connectivity index is 2.11. The van der Waals surface area contributed by atoms with Crippen molar-refractivity contribution < 1.29 is 9.84 Å². The second-order valence-corrected chi connectivity index (χ2v) is 4.66. The summed E-state index contributed by atoms with van der Waals surface area (Å²) in [7, 11) is 1.77. The summed E-state index contributed by atoms with van der Waals surface area (Å²) in [4.78, 5) is 2.25. The summed E-state index contributed by atoms with van der Waals surface area (Å²) in [5.74, 6) is 0. The number of ether oxygens (including phenoxy) is 1. The predicted molar refractivity (Wildman–Crippen MR) is 65.0 cm³/mol. The summed E-state index contributed by atoms with van der Waals surface area (Å²) >= 11 is 6.02. The topological polar surface area (TPSA) is 50.5 Å². The van der Waals surface area contributed by atoms with Gasteiger partial charge in [-0.1, -0.05) is 18.5 Å². The Bertz CT molecular complexity index is 363. The van der Waals surface area contributed by atoms with E-state index in [2.05, 4.69) is 16.9 Å². The summed E-state index contributed by atoms with van der Waals surface area (Å²) in [6.07, 6.45) is 0.571. The molecule has 0 aliphatic carbocycles. The Morgan fingerprint density at radius 1 is 1.71 bits per heavy atom. The van der Waals surface area contributed by atoms with E-state index in [1.54, 1.807) is 17.9 Å². The third kappa shape index (κ3) is 2.63. The highest BCUT2D eigenvalue weighted by atomic mass is 35.5. The molecule has 6 heteroatoms. The van der Waals surface area contributed by atoms with Crippen LogP contribution in [0.2, 0.25) is 5.02 Å². The van der Waals surface area contributed by atoms with Crippen LogP contribution in [0.1, 0.15) is 18.7 Å². The first-order valence-electron chi connectivity index (χ1n) is 5.83. The van der Waals surface area contributed by atoms with Crippen LogP contribution < -0.4 is 0 Å². The monoisotopic (exact) mass is 259 g/mol. The SMILES string of the molecule is CCN1CCOC(C(O)c2c(Cl)cnn2C)C1. The van der Waals surface area contributed by atoms with Crippen LogP contribution in [0.15, 0.2) is 6.20 Å². The van der Waals surface area contributed by atoms with Crippen molar-refractivity contribution in [3.63, 3.8) is 0 Å². The van der Waals surface area contributed by atoms with Crippen LogP contribution in [0.5, 0.6) is 0 Å². The van der Waals surface area contributed by atoms with Crippen molar-refractivity contribution in [1.82, 2.24) is 14.7 Å². The van der Waals surface area contributed by atoms with Crippen LogP contribution in [0.3, 0.4) is 0 Å². The lowest BCUT2D eigenvalue weighted by Gasteiger charge is -2.34. The molecule has 0 saturated carbocycles. The molecule has 0 bridgehead atoms. The Kier molecular flexibility index (Phi) is 4.04. The molecule has 2 heterocycles. The number of aliphatic hydroxyl groups excluding tert-OH is 1. The van der Waals surface area contributed by atoms with E-state index >= 15 is 0 Å². The highest BCUT2D eigenvalue weighted by Crippen LogP contribution is 2.27. The van der Waals surface area contributed by atoms with Crippen molar-refractivity contribution >= 4 is 11.6 Å². The molecule has 2 rings (SSSR count). The second-order valence-electron chi connectivity index (χ2n) is 4.25. The molecule has 1 aromatic heterocycles. The Morgan fingerprint density at radius 2 is 2.47 bits per heavy atom. The summed E-state index contributed by atoms with van der Waals surface area (Å²) < 4.78 is 7.21. The number of hydrogen-bond acceptors (Lipinski definition) is 4. The number of morpholine rings is 1. The number of aromatic nitrogens is 2. The van der Waals surface area contributed by atoms with Crippen LogP contribution >= 0.6 is 11.6 Å². The van der Waals surface area contributed by atoms with Crippen molar-refractivity contribution in [3.05, 3.63) is 16.9 Å². The molecule has 0 amide bonds. The van der Waals surface area contributed by atoms with Crippen molar-refractivity contribution in [1.29, 1.82) is 0 Å². The van der Waals surface area contributed by atoms with Gasteiger partial charge in [0, 0.05) is 20.1 Å². The zero-order valence-electron chi connectivity index (χ0n) is 10.1. The van der Waals surface area contributed by atoms with E-state index in [4.69, 9.17) is 16.3 Å². The van der Waals surface area contributed by atoms with E-state index in [1.807, 2.05) is 0 Å². The molecular weight excluding hydrogens is 242 g/mol. The highest BCUT2D eigenvalue weighted by Gasteiger charge is 2.30. The molecule has 17 heavy (non-hydrogen) atoms. The molecule has 1 fully saturated rings. The zero-order valence-corrected chi connectivity index (χ0v) is 10.9. The van der Waals surface area contributed by atoms with E-state index in [0.717, 1.165) is 19.6 Å². The zero-order chi connectivity index (χ0) is 12.4. The van der Waals surface area contributed by atoms with Crippen LogP contribution in [0.25, 0.3) is 0 Å². The molecule has 2 atom stereocenters. The number of hydrogen-bond donors (Lipinski definition) is 1. The van der Waals surface area contributed by atoms with E-state index in [0.29, 0.717) is 17.3 Å². The minimum atomic E-state index is -0.732. The maximum Gasteiger partial charge on any atom is 0.124 e. The van der Waals surface area contributed by atoms with Crippen molar-refractivity contribution in [2.24, 2.45) is 7.05 Å². The van der Waals surface area contributed by atoms with Gasteiger partial charge < -0.3 is 9.84 Å². The van der Waals surface area contributed by atoms with Gasteiger partial charge >= 0.3 is 0 Å². The van der Waals surface area contributed by atoms with Gasteiger partial charge in [0.2, 0.25) is 0 Å². The van der Waals surface area contributed by atoms with Gasteiger partial charge in [-0.05, 0) is 6.54 Å². The molecule has 0 radical (unpaired) electrons. The number of aryl methyl sites for hydroxylation is 1. The fraction of sp³-hybridized carbons (Fsp3) is 0.727. The largest absolute Gasteiger partial charge is 0.384 e. The van der Waals surface area contributed by atoms with E-state index < -0.39 is 6.10 Å². The van der Waals surface area contributed by atoms with Gasteiger partial charge in [0.15, 0.2) is 0 Å². The fourth-order valence-corrected chi connectivity index (χ4v) is 2.42. The fourth-order valence-electron chi connectivity index (χ4n) is 2.14. The van der Waals surface area contributed by atoms with Gasteiger partial charge in [0.1, 0.15) is 12.2 Å². The van der Waals surface area contributed by atoms with Gasteiger partial charge in [-0.15, -0.1) is 0 Å². The van der Waals surface area contributed by atoms with E-state index in [-0.39, 0.29) is 6.10 Å². The highest BCUT2D eigenvalue weighted by molar-refractivity contribution is 6.31. The maximum absolute atomic E-state index is 10.3. The molecule has 1 saturated heterocycles. The molecule has 0 aromatic carbocycles. The van der Waals surface area contributed by atoms with Gasteiger partial charge in [0.05, 0.1) is 23.5 Å². The summed E-state index contributed by atoms with van der Waals surface area (Å²) in [6.45, 7) is 5.35. The lowest BCUT2D eigenvalue weighted by molar-refractivity contribution is -0.0909. The molecule has 0 spiro atoms. The average Bonchev–Trinajstić information content (AvgIpc) is 2.68. The minimum absolute atomic E-state index is 0.239. The molecule has 1 aliphatic rings. The predicted octanol–water partition coefficient (Wildman–Crippen LogP) is 0.828. The lowest BCUT2D eigenvalue weighted by Crippen LogP contribution is -2.45. The summed E-state index contributed by atoms with van der Waals surface area (Å²) in [5.41, 5.74) is 0.620. The number of aliphatic hydroxyl groups is 1. The van der Waals surface area contributed by atoms with Crippen LogP contribution in [-0.4, -0.2) is 52.1 Å². The quantitative estimate of drug-likeness (QED) is 0.874. The smallest absolute Gasteiger partial charge is 0.124 e. The van der Waals surface area contributed by atoms with Crippen LogP contribution in [0, 0.1) is 0 Å². The second kappa shape index (κ2) is 5.35. The van der Waals surface area contributed by atoms with Gasteiger partial charge in [-0.2, -0.15) is 5.10 Å². The first-order valence-corrected chi connectivity index (χ1v) is 6.20. The molecular formula is C11H18ClN3O2. The number of nitrogens with zero attached hydrogens (tertiary/aromatic N) is 3. The lowest BCUT2D eigenvalue weighted by atomic mass is 10.1. The summed E-state index contributed by atoms with van der Waals surface area (Å²) in [5, 5.41) is 14.8. The number of likely N-dealkylation sites (N-methyl/N-ethyl adjacent to an activating group) is 1. The molecule has 1 N–H and O–H groups in total. The molecule has 2 unspecified atom stereocenters. The van der Waals surface area contributed by atoms with Crippen molar-refractivity contribution in [2.45, 2.75) is 19.1 Å². The average molecular weight is 260 g/mol. The van der Waals surface area contributed by atoms with Gasteiger partial charge in [-0.3, -0.25) is 9.58 Å². The van der Waals surface area contributed by atoms with E-state index in [1.165, 1.54) is 0 Å².